The van der Waals surface area contributed by atoms with Crippen LogP contribution in [0.25, 0.3) is 0 Å². The predicted octanol–water partition coefficient (Wildman–Crippen LogP) is 2.00. The molecule has 0 aliphatic carbocycles. The van der Waals surface area contributed by atoms with Crippen LogP contribution in [0.1, 0.15) is 6.42 Å². The van der Waals surface area contributed by atoms with Crippen LogP contribution in [0.2, 0.25) is 5.02 Å². The maximum Gasteiger partial charge on any atom is 0.321 e. The molecule has 21 heavy (non-hydrogen) atoms. The van der Waals surface area contributed by atoms with E-state index in [2.05, 4.69) is 5.32 Å². The van der Waals surface area contributed by atoms with Gasteiger partial charge in [-0.2, -0.15) is 0 Å². The molecule has 1 aromatic carbocycles. The molecule has 0 radical (unpaired) electrons. The van der Waals surface area contributed by atoms with Crippen molar-refractivity contribution < 1.29 is 17.9 Å². The Morgan fingerprint density at radius 3 is 2.71 bits per heavy atom. The summed E-state index contributed by atoms with van der Waals surface area (Å²) in [5.41, 5.74) is 0.454. The van der Waals surface area contributed by atoms with Crippen molar-refractivity contribution in [1.82, 2.24) is 4.90 Å². The van der Waals surface area contributed by atoms with Gasteiger partial charge in [-0.3, -0.25) is 0 Å². The third-order valence-corrected chi connectivity index (χ3v) is 5.56. The van der Waals surface area contributed by atoms with E-state index in [0.29, 0.717) is 22.9 Å². The van der Waals surface area contributed by atoms with Crippen LogP contribution in [0.4, 0.5) is 10.5 Å². The number of rotatable bonds is 3. The Hall–Kier alpha value is -1.47. The molecule has 1 aliphatic heterocycles. The molecule has 0 unspecified atom stereocenters. The summed E-state index contributed by atoms with van der Waals surface area (Å²) in [6.07, 6.45) is 0.461. The van der Waals surface area contributed by atoms with Crippen LogP contribution < -0.4 is 10.1 Å². The summed E-state index contributed by atoms with van der Waals surface area (Å²) in [4.78, 5) is 13.6. The summed E-state index contributed by atoms with van der Waals surface area (Å²) in [5, 5.41) is 3.03. The highest BCUT2D eigenvalue weighted by atomic mass is 35.5. The van der Waals surface area contributed by atoms with Gasteiger partial charge in [0.25, 0.3) is 0 Å². The zero-order chi connectivity index (χ0) is 15.6. The first-order chi connectivity index (χ1) is 9.82. The number of hydrogen-bond acceptors (Lipinski definition) is 4. The van der Waals surface area contributed by atoms with Gasteiger partial charge in [0.2, 0.25) is 0 Å². The monoisotopic (exact) mass is 332 g/mol. The van der Waals surface area contributed by atoms with Gasteiger partial charge in [0, 0.05) is 19.2 Å². The summed E-state index contributed by atoms with van der Waals surface area (Å²) in [5.74, 6) is 0.722. The van der Waals surface area contributed by atoms with Crippen molar-refractivity contribution in [2.45, 2.75) is 12.5 Å². The molecule has 1 heterocycles. The maximum atomic E-state index is 12.1. The molecular formula is C13H17ClN2O4S. The van der Waals surface area contributed by atoms with Crippen molar-refractivity contribution in [3.8, 4) is 5.75 Å². The highest BCUT2D eigenvalue weighted by Crippen LogP contribution is 2.27. The van der Waals surface area contributed by atoms with Crippen LogP contribution in [0, 0.1) is 0 Å². The molecule has 1 atom stereocenters. The lowest BCUT2D eigenvalue weighted by Crippen LogP contribution is -2.40. The van der Waals surface area contributed by atoms with Crippen molar-refractivity contribution >= 4 is 33.2 Å². The molecule has 1 saturated heterocycles. The second-order valence-electron chi connectivity index (χ2n) is 4.94. The molecule has 0 saturated carbocycles. The van der Waals surface area contributed by atoms with Gasteiger partial charge in [0.05, 0.1) is 29.3 Å². The van der Waals surface area contributed by atoms with Gasteiger partial charge in [-0.15, -0.1) is 0 Å². The third kappa shape index (κ3) is 3.79. The summed E-state index contributed by atoms with van der Waals surface area (Å²) >= 11 is 6.05. The molecule has 0 spiro atoms. The minimum atomic E-state index is -3.03. The van der Waals surface area contributed by atoms with Crippen LogP contribution >= 0.6 is 11.6 Å². The van der Waals surface area contributed by atoms with Crippen molar-refractivity contribution in [1.29, 1.82) is 0 Å². The number of halogens is 1. The van der Waals surface area contributed by atoms with E-state index >= 15 is 0 Å². The van der Waals surface area contributed by atoms with Crippen LogP contribution in [0.3, 0.4) is 0 Å². The Morgan fingerprint density at radius 1 is 1.48 bits per heavy atom. The zero-order valence-corrected chi connectivity index (χ0v) is 13.4. The van der Waals surface area contributed by atoms with E-state index in [1.54, 1.807) is 25.2 Å². The Kier molecular flexibility index (Phi) is 4.63. The Morgan fingerprint density at radius 2 is 2.19 bits per heavy atom. The second-order valence-corrected chi connectivity index (χ2v) is 7.58. The summed E-state index contributed by atoms with van der Waals surface area (Å²) in [7, 11) is 0.0793. The normalized spacial score (nSPS) is 20.0. The standard InChI is InChI=1S/C13H17ClN2O4S/c1-16(9-5-6-21(18,19)8-9)13(17)15-12-4-3-10(20-2)7-11(12)14/h3-4,7,9H,5-6,8H2,1-2H3,(H,15,17)/t9-/m1/s1. The number of anilines is 1. The van der Waals surface area contributed by atoms with Gasteiger partial charge in [0.1, 0.15) is 5.75 Å². The highest BCUT2D eigenvalue weighted by Gasteiger charge is 2.32. The van der Waals surface area contributed by atoms with Crippen LogP contribution in [0.15, 0.2) is 18.2 Å². The second kappa shape index (κ2) is 6.11. The Bertz CT molecular complexity index is 648. The molecule has 0 bridgehead atoms. The van der Waals surface area contributed by atoms with Gasteiger partial charge in [-0.05, 0) is 18.6 Å². The third-order valence-electron chi connectivity index (χ3n) is 3.49. The number of urea groups is 1. The molecule has 6 nitrogen and oxygen atoms in total. The molecule has 0 aromatic heterocycles. The van der Waals surface area contributed by atoms with Gasteiger partial charge < -0.3 is 15.0 Å². The predicted molar refractivity (Wildman–Crippen MR) is 81.8 cm³/mol. The average molecular weight is 333 g/mol. The molecule has 2 amide bonds. The van der Waals surface area contributed by atoms with Gasteiger partial charge >= 0.3 is 6.03 Å². The van der Waals surface area contributed by atoms with Crippen LogP contribution in [-0.2, 0) is 9.84 Å². The number of amides is 2. The number of ether oxygens (including phenoxy) is 1. The van der Waals surface area contributed by atoms with Crippen LogP contribution in [-0.4, -0.2) is 51.1 Å². The number of methoxy groups -OCH3 is 1. The van der Waals surface area contributed by atoms with Gasteiger partial charge in [-0.25, -0.2) is 13.2 Å². The van der Waals surface area contributed by atoms with Gasteiger partial charge in [-0.1, -0.05) is 11.6 Å². The van der Waals surface area contributed by atoms with E-state index in [-0.39, 0.29) is 23.6 Å². The summed E-state index contributed by atoms with van der Waals surface area (Å²) in [6, 6.07) is 4.23. The summed E-state index contributed by atoms with van der Waals surface area (Å²) < 4.78 is 27.9. The fourth-order valence-electron chi connectivity index (χ4n) is 2.17. The minimum absolute atomic E-state index is 0.00721. The first-order valence-corrected chi connectivity index (χ1v) is 8.60. The molecule has 1 N–H and O–H groups in total. The number of nitrogens with zero attached hydrogens (tertiary/aromatic N) is 1. The molecule has 1 aromatic rings. The number of hydrogen-bond donors (Lipinski definition) is 1. The molecular weight excluding hydrogens is 316 g/mol. The smallest absolute Gasteiger partial charge is 0.321 e. The number of benzene rings is 1. The SMILES string of the molecule is COc1ccc(NC(=O)N(C)[C@@H]2CCS(=O)(=O)C2)c(Cl)c1. The van der Waals surface area contributed by atoms with Crippen molar-refractivity contribution in [2.24, 2.45) is 0 Å². The topological polar surface area (TPSA) is 75.7 Å². The first kappa shape index (κ1) is 15.9. The zero-order valence-electron chi connectivity index (χ0n) is 11.8. The Labute approximate surface area is 128 Å². The molecule has 1 fully saturated rings. The fourth-order valence-corrected chi connectivity index (χ4v) is 4.17. The van der Waals surface area contributed by atoms with Crippen molar-refractivity contribution in [2.75, 3.05) is 31.0 Å². The summed E-state index contributed by atoms with van der Waals surface area (Å²) in [6.45, 7) is 0. The lowest BCUT2D eigenvalue weighted by Gasteiger charge is -2.24. The van der Waals surface area contributed by atoms with Crippen LogP contribution in [0.5, 0.6) is 5.75 Å². The van der Waals surface area contributed by atoms with E-state index in [4.69, 9.17) is 16.3 Å². The van der Waals surface area contributed by atoms with Crippen molar-refractivity contribution in [3.63, 3.8) is 0 Å². The van der Waals surface area contributed by atoms with E-state index in [1.165, 1.54) is 12.0 Å². The maximum absolute atomic E-state index is 12.1. The first-order valence-electron chi connectivity index (χ1n) is 6.40. The lowest BCUT2D eigenvalue weighted by molar-refractivity contribution is 0.209. The quantitative estimate of drug-likeness (QED) is 0.918. The highest BCUT2D eigenvalue weighted by molar-refractivity contribution is 7.91. The van der Waals surface area contributed by atoms with Gasteiger partial charge in [0.15, 0.2) is 9.84 Å². The number of sulfone groups is 1. The fraction of sp³-hybridized carbons (Fsp3) is 0.462. The number of carbonyl (C=O) groups is 1. The van der Waals surface area contributed by atoms with Crippen molar-refractivity contribution in [3.05, 3.63) is 23.2 Å². The number of carbonyl (C=O) groups excluding carboxylic acids is 1. The molecule has 1 aliphatic rings. The van der Waals surface area contributed by atoms with E-state index in [0.717, 1.165) is 0 Å². The largest absolute Gasteiger partial charge is 0.497 e. The average Bonchev–Trinajstić information content (AvgIpc) is 2.80. The van der Waals surface area contributed by atoms with E-state index in [9.17, 15) is 13.2 Å². The molecule has 2 rings (SSSR count). The van der Waals surface area contributed by atoms with E-state index < -0.39 is 9.84 Å². The molecule has 8 heteroatoms. The number of nitrogens with one attached hydrogen (secondary N) is 1. The minimum Gasteiger partial charge on any atom is -0.497 e. The van der Waals surface area contributed by atoms with E-state index in [1.807, 2.05) is 0 Å². The molecule has 116 valence electrons. The lowest BCUT2D eigenvalue weighted by atomic mass is 10.2. The Balaban J connectivity index is 2.04.